The first-order valence-electron chi connectivity index (χ1n) is 11.3. The van der Waals surface area contributed by atoms with Crippen molar-refractivity contribution in [2.45, 2.75) is 93.9 Å². The van der Waals surface area contributed by atoms with E-state index in [0.717, 1.165) is 17.1 Å². The second-order valence-corrected chi connectivity index (χ2v) is 11.1. The Morgan fingerprint density at radius 2 is 1.10 bits per heavy atom. The number of nitrogens with zero attached hydrogens (tertiary/aromatic N) is 1. The van der Waals surface area contributed by atoms with Crippen LogP contribution in [0.2, 0.25) is 0 Å². The molecule has 0 aromatic heterocycles. The lowest BCUT2D eigenvalue weighted by Crippen LogP contribution is -2.13. The molecule has 0 aliphatic carbocycles. The number of allylic oxidation sites excluding steroid dienone is 2. The molecule has 0 heterocycles. The Morgan fingerprint density at radius 1 is 0.710 bits per heavy atom. The number of aryl methyl sites for hydroxylation is 4. The lowest BCUT2D eigenvalue weighted by atomic mass is 9.84. The summed E-state index contributed by atoms with van der Waals surface area (Å²) in [5, 5.41) is 3.61. The molecule has 0 saturated heterocycles. The summed E-state index contributed by atoms with van der Waals surface area (Å²) in [6.07, 6.45) is 2.13. The Hall–Kier alpha value is -2.35. The minimum absolute atomic E-state index is 0.144. The van der Waals surface area contributed by atoms with Gasteiger partial charge in [-0.1, -0.05) is 65.8 Å². The SMILES string of the molecule is CC(/C=C(\C)Nc1c(C)cc(C(C)(C)C)cc1C)=Nc1c(C)cc(C(C)(C)C)cc1C. The number of anilines is 1. The molecule has 0 unspecified atom stereocenters. The minimum atomic E-state index is 0.144. The van der Waals surface area contributed by atoms with E-state index >= 15 is 0 Å². The Balaban J connectivity index is 2.32. The van der Waals surface area contributed by atoms with Gasteiger partial charge < -0.3 is 5.32 Å². The molecule has 0 aliphatic rings. The first kappa shape index (κ1) is 24.9. The van der Waals surface area contributed by atoms with Crippen molar-refractivity contribution in [3.8, 4) is 0 Å². The summed E-state index contributed by atoms with van der Waals surface area (Å²) in [5.74, 6) is 0. The zero-order chi connectivity index (χ0) is 23.7. The monoisotopic (exact) mass is 418 g/mol. The zero-order valence-corrected chi connectivity index (χ0v) is 21.8. The minimum Gasteiger partial charge on any atom is -0.359 e. The lowest BCUT2D eigenvalue weighted by Gasteiger charge is -2.23. The van der Waals surface area contributed by atoms with Crippen LogP contribution in [0.1, 0.15) is 88.8 Å². The molecule has 0 atom stereocenters. The summed E-state index contributed by atoms with van der Waals surface area (Å²) in [7, 11) is 0. The van der Waals surface area contributed by atoms with E-state index < -0.39 is 0 Å². The highest BCUT2D eigenvalue weighted by Crippen LogP contribution is 2.32. The highest BCUT2D eigenvalue weighted by Gasteiger charge is 2.17. The summed E-state index contributed by atoms with van der Waals surface area (Å²) in [6, 6.07) is 9.15. The average molecular weight is 419 g/mol. The Morgan fingerprint density at radius 3 is 1.48 bits per heavy atom. The molecule has 2 aromatic rings. The summed E-state index contributed by atoms with van der Waals surface area (Å²) < 4.78 is 0. The Labute approximate surface area is 190 Å². The number of aliphatic imine (C=N–C) groups is 1. The smallest absolute Gasteiger partial charge is 0.0691 e. The van der Waals surface area contributed by atoms with E-state index in [1.807, 2.05) is 0 Å². The summed E-state index contributed by atoms with van der Waals surface area (Å²) in [5.41, 5.74) is 12.4. The van der Waals surface area contributed by atoms with E-state index in [9.17, 15) is 0 Å². The van der Waals surface area contributed by atoms with E-state index in [1.54, 1.807) is 0 Å². The molecule has 31 heavy (non-hydrogen) atoms. The number of nitrogens with one attached hydrogen (secondary N) is 1. The molecule has 0 amide bonds. The third-order valence-electron chi connectivity index (χ3n) is 5.79. The van der Waals surface area contributed by atoms with Gasteiger partial charge in [-0.05, 0) is 91.8 Å². The third-order valence-corrected chi connectivity index (χ3v) is 5.79. The standard InChI is InChI=1S/C29H42N2/c1-18-13-24(28(7,8)9)14-19(2)26(18)30-22(5)17-23(6)31-27-20(3)15-25(16-21(27)4)29(10,11)12/h13-17,30H,1-12H3/b22-17+,31-23?. The van der Waals surface area contributed by atoms with Crippen LogP contribution in [0.3, 0.4) is 0 Å². The predicted octanol–water partition coefficient (Wildman–Crippen LogP) is 8.62. The molecule has 2 rings (SSSR count). The van der Waals surface area contributed by atoms with Gasteiger partial charge in [0.1, 0.15) is 0 Å². The molecular formula is C29H42N2. The fourth-order valence-corrected chi connectivity index (χ4v) is 3.91. The van der Waals surface area contributed by atoms with E-state index in [1.165, 1.54) is 39.1 Å². The van der Waals surface area contributed by atoms with Gasteiger partial charge in [-0.2, -0.15) is 0 Å². The first-order valence-corrected chi connectivity index (χ1v) is 11.3. The molecule has 0 fully saturated rings. The lowest BCUT2D eigenvalue weighted by molar-refractivity contribution is 0.589. The van der Waals surface area contributed by atoms with Crippen LogP contribution in [0.25, 0.3) is 0 Å². The fraction of sp³-hybridized carbons (Fsp3) is 0.483. The molecular weight excluding hydrogens is 376 g/mol. The Bertz CT molecular complexity index is 976. The molecule has 168 valence electrons. The first-order chi connectivity index (χ1) is 14.1. The van der Waals surface area contributed by atoms with Crippen LogP contribution in [0.5, 0.6) is 0 Å². The van der Waals surface area contributed by atoms with Gasteiger partial charge in [0.2, 0.25) is 0 Å². The summed E-state index contributed by atoms with van der Waals surface area (Å²) in [6.45, 7) is 26.4. The van der Waals surface area contributed by atoms with Crippen LogP contribution in [-0.4, -0.2) is 5.71 Å². The fourth-order valence-electron chi connectivity index (χ4n) is 3.91. The van der Waals surface area contributed by atoms with Crippen molar-refractivity contribution in [3.63, 3.8) is 0 Å². The normalized spacial score (nSPS) is 13.5. The highest BCUT2D eigenvalue weighted by atomic mass is 14.9. The van der Waals surface area contributed by atoms with Crippen LogP contribution in [-0.2, 0) is 10.8 Å². The number of hydrogen-bond donors (Lipinski definition) is 1. The van der Waals surface area contributed by atoms with Crippen LogP contribution < -0.4 is 5.32 Å². The summed E-state index contributed by atoms with van der Waals surface area (Å²) in [4.78, 5) is 4.95. The number of benzene rings is 2. The van der Waals surface area contributed by atoms with Gasteiger partial charge in [0, 0.05) is 17.1 Å². The van der Waals surface area contributed by atoms with Crippen LogP contribution >= 0.6 is 0 Å². The van der Waals surface area contributed by atoms with Gasteiger partial charge in [0.25, 0.3) is 0 Å². The van der Waals surface area contributed by atoms with Gasteiger partial charge >= 0.3 is 0 Å². The largest absolute Gasteiger partial charge is 0.359 e. The maximum Gasteiger partial charge on any atom is 0.0691 e. The van der Waals surface area contributed by atoms with Crippen LogP contribution in [0.15, 0.2) is 41.0 Å². The number of hydrogen-bond acceptors (Lipinski definition) is 2. The van der Waals surface area contributed by atoms with Gasteiger partial charge in [0.15, 0.2) is 0 Å². The van der Waals surface area contributed by atoms with Crippen molar-refractivity contribution in [1.82, 2.24) is 0 Å². The molecule has 0 aliphatic heterocycles. The number of rotatable bonds is 4. The van der Waals surface area contributed by atoms with Crippen LogP contribution in [0.4, 0.5) is 11.4 Å². The maximum atomic E-state index is 4.95. The maximum absolute atomic E-state index is 4.95. The second-order valence-electron chi connectivity index (χ2n) is 11.1. The van der Waals surface area contributed by atoms with Crippen molar-refractivity contribution >= 4 is 17.1 Å². The van der Waals surface area contributed by atoms with E-state index in [0.29, 0.717) is 0 Å². The molecule has 2 aromatic carbocycles. The average Bonchev–Trinajstić information content (AvgIpc) is 2.59. The van der Waals surface area contributed by atoms with Crippen molar-refractivity contribution in [2.24, 2.45) is 4.99 Å². The molecule has 2 heteroatoms. The topological polar surface area (TPSA) is 24.4 Å². The van der Waals surface area contributed by atoms with Crippen molar-refractivity contribution < 1.29 is 0 Å². The van der Waals surface area contributed by atoms with Gasteiger partial charge in [-0.3, -0.25) is 4.99 Å². The van der Waals surface area contributed by atoms with Crippen molar-refractivity contribution in [3.05, 3.63) is 69.4 Å². The summed E-state index contributed by atoms with van der Waals surface area (Å²) >= 11 is 0. The van der Waals surface area contributed by atoms with Crippen molar-refractivity contribution in [1.29, 1.82) is 0 Å². The third kappa shape index (κ3) is 6.32. The van der Waals surface area contributed by atoms with E-state index in [2.05, 4.69) is 119 Å². The van der Waals surface area contributed by atoms with Gasteiger partial charge in [-0.15, -0.1) is 0 Å². The zero-order valence-electron chi connectivity index (χ0n) is 21.8. The molecule has 2 nitrogen and oxygen atoms in total. The quantitative estimate of drug-likeness (QED) is 0.494. The molecule has 0 radical (unpaired) electrons. The molecule has 0 bridgehead atoms. The predicted molar refractivity (Wildman–Crippen MR) is 139 cm³/mol. The second kappa shape index (κ2) is 9.02. The molecule has 1 N–H and O–H groups in total. The van der Waals surface area contributed by atoms with E-state index in [4.69, 9.17) is 4.99 Å². The van der Waals surface area contributed by atoms with Crippen LogP contribution in [0, 0.1) is 27.7 Å². The highest BCUT2D eigenvalue weighted by molar-refractivity contribution is 5.96. The Kier molecular flexibility index (Phi) is 7.25. The molecule has 0 spiro atoms. The molecule has 0 saturated carbocycles. The van der Waals surface area contributed by atoms with Crippen molar-refractivity contribution in [2.75, 3.05) is 5.32 Å². The van der Waals surface area contributed by atoms with E-state index in [-0.39, 0.29) is 10.8 Å². The van der Waals surface area contributed by atoms with Gasteiger partial charge in [-0.25, -0.2) is 0 Å². The van der Waals surface area contributed by atoms with Gasteiger partial charge in [0.05, 0.1) is 5.69 Å².